The second kappa shape index (κ2) is 6.07. The first-order chi connectivity index (χ1) is 9.58. The maximum Gasteiger partial charge on any atom is 0.326 e. The Morgan fingerprint density at radius 2 is 2.15 bits per heavy atom. The highest BCUT2D eigenvalue weighted by Gasteiger charge is 2.34. The lowest BCUT2D eigenvalue weighted by atomic mass is 10.1. The number of carbonyl (C=O) groups is 2. The molecular weight excluding hydrogens is 260 g/mol. The highest BCUT2D eigenvalue weighted by Crippen LogP contribution is 2.22. The molecule has 1 aromatic heterocycles. The number of carboxylic acids is 1. The van der Waals surface area contributed by atoms with Gasteiger partial charge in [0.1, 0.15) is 11.8 Å². The van der Waals surface area contributed by atoms with Gasteiger partial charge in [-0.2, -0.15) is 0 Å². The lowest BCUT2D eigenvalue weighted by molar-refractivity contribution is -0.148. The van der Waals surface area contributed by atoms with E-state index in [0.29, 0.717) is 25.8 Å². The van der Waals surface area contributed by atoms with Gasteiger partial charge in [0, 0.05) is 18.5 Å². The zero-order valence-corrected chi connectivity index (χ0v) is 11.9. The predicted octanol–water partition coefficient (Wildman–Crippen LogP) is 1.42. The molecule has 6 heteroatoms. The fraction of sp³-hybridized carbons (Fsp3) is 0.643. The van der Waals surface area contributed by atoms with Crippen LogP contribution in [0, 0.1) is 0 Å². The number of carboxylic acid groups (broad SMARTS) is 1. The van der Waals surface area contributed by atoms with Crippen LogP contribution in [-0.4, -0.2) is 39.6 Å². The number of aliphatic carboxylic acids is 1. The quantitative estimate of drug-likeness (QED) is 0.881. The molecule has 1 saturated heterocycles. The molecule has 1 fully saturated rings. The van der Waals surface area contributed by atoms with E-state index >= 15 is 0 Å². The monoisotopic (exact) mass is 280 g/mol. The van der Waals surface area contributed by atoms with E-state index in [1.165, 1.54) is 4.90 Å². The van der Waals surface area contributed by atoms with Crippen LogP contribution < -0.4 is 0 Å². The van der Waals surface area contributed by atoms with Gasteiger partial charge in [0.2, 0.25) is 5.91 Å². The zero-order chi connectivity index (χ0) is 14.7. The lowest BCUT2D eigenvalue weighted by Crippen LogP contribution is -2.41. The molecule has 1 aliphatic heterocycles. The zero-order valence-electron chi connectivity index (χ0n) is 11.9. The summed E-state index contributed by atoms with van der Waals surface area (Å²) in [6.07, 6.45) is 2.84. The van der Waals surface area contributed by atoms with E-state index in [0.717, 1.165) is 23.4 Å². The molecule has 20 heavy (non-hydrogen) atoms. The summed E-state index contributed by atoms with van der Waals surface area (Å²) in [4.78, 5) is 25.0. The van der Waals surface area contributed by atoms with Crippen molar-refractivity contribution < 1.29 is 19.2 Å². The molecule has 0 aromatic carbocycles. The van der Waals surface area contributed by atoms with Crippen molar-refractivity contribution in [3.8, 4) is 0 Å². The number of carbonyl (C=O) groups excluding carboxylic acids is 1. The van der Waals surface area contributed by atoms with Gasteiger partial charge in [-0.3, -0.25) is 4.79 Å². The normalized spacial score (nSPS) is 18.5. The summed E-state index contributed by atoms with van der Waals surface area (Å²) in [7, 11) is 0. The molecular formula is C14H20N2O4. The molecule has 1 unspecified atom stereocenters. The highest BCUT2D eigenvalue weighted by molar-refractivity contribution is 5.85. The summed E-state index contributed by atoms with van der Waals surface area (Å²) >= 11 is 0. The molecule has 0 radical (unpaired) electrons. The number of aromatic nitrogens is 1. The van der Waals surface area contributed by atoms with Crippen molar-refractivity contribution >= 4 is 11.9 Å². The third-order valence-corrected chi connectivity index (χ3v) is 3.79. The Balaban J connectivity index is 2.15. The minimum Gasteiger partial charge on any atom is -0.480 e. The number of nitrogens with zero attached hydrogens (tertiary/aromatic N) is 2. The summed E-state index contributed by atoms with van der Waals surface area (Å²) in [5, 5.41) is 13.1. The molecule has 0 aliphatic carbocycles. The van der Waals surface area contributed by atoms with E-state index in [1.54, 1.807) is 0 Å². The summed E-state index contributed by atoms with van der Waals surface area (Å²) < 4.78 is 5.24. The molecule has 1 aliphatic rings. The van der Waals surface area contributed by atoms with Crippen molar-refractivity contribution in [1.82, 2.24) is 10.1 Å². The summed E-state index contributed by atoms with van der Waals surface area (Å²) in [5.74, 6) is -0.351. The topological polar surface area (TPSA) is 83.6 Å². The molecule has 0 spiro atoms. The van der Waals surface area contributed by atoms with Gasteiger partial charge in [0.15, 0.2) is 0 Å². The lowest BCUT2D eigenvalue weighted by Gasteiger charge is -2.21. The highest BCUT2D eigenvalue weighted by atomic mass is 16.5. The molecule has 0 bridgehead atoms. The minimum absolute atomic E-state index is 0.150. The predicted molar refractivity (Wildman–Crippen MR) is 71.3 cm³/mol. The molecule has 110 valence electrons. The van der Waals surface area contributed by atoms with Gasteiger partial charge in [-0.05, 0) is 19.3 Å². The van der Waals surface area contributed by atoms with Gasteiger partial charge < -0.3 is 14.5 Å². The Morgan fingerprint density at radius 1 is 1.40 bits per heavy atom. The van der Waals surface area contributed by atoms with Gasteiger partial charge in [0.05, 0.1) is 12.1 Å². The van der Waals surface area contributed by atoms with Crippen LogP contribution in [-0.2, 0) is 28.9 Å². The van der Waals surface area contributed by atoms with Crippen molar-refractivity contribution in [1.29, 1.82) is 0 Å². The SMILES string of the molecule is CCc1noc(CC)c1CC(=O)N1CCCC1C(=O)O. The molecule has 1 atom stereocenters. The van der Waals surface area contributed by atoms with Crippen LogP contribution in [0.25, 0.3) is 0 Å². The summed E-state index contributed by atoms with van der Waals surface area (Å²) in [5.41, 5.74) is 1.62. The van der Waals surface area contributed by atoms with Gasteiger partial charge in [0.25, 0.3) is 0 Å². The van der Waals surface area contributed by atoms with Crippen molar-refractivity contribution in [2.75, 3.05) is 6.54 Å². The molecule has 1 N–H and O–H groups in total. The number of hydrogen-bond donors (Lipinski definition) is 1. The van der Waals surface area contributed by atoms with E-state index in [1.807, 2.05) is 13.8 Å². The smallest absolute Gasteiger partial charge is 0.326 e. The van der Waals surface area contributed by atoms with Crippen LogP contribution in [0.1, 0.15) is 43.7 Å². The van der Waals surface area contributed by atoms with Crippen molar-refractivity contribution in [2.24, 2.45) is 0 Å². The van der Waals surface area contributed by atoms with E-state index in [-0.39, 0.29) is 12.3 Å². The van der Waals surface area contributed by atoms with Crippen molar-refractivity contribution in [3.63, 3.8) is 0 Å². The van der Waals surface area contributed by atoms with Gasteiger partial charge in [-0.15, -0.1) is 0 Å². The first-order valence-electron chi connectivity index (χ1n) is 7.07. The van der Waals surface area contributed by atoms with E-state index < -0.39 is 12.0 Å². The largest absolute Gasteiger partial charge is 0.480 e. The van der Waals surface area contributed by atoms with Crippen LogP contribution >= 0.6 is 0 Å². The summed E-state index contributed by atoms with van der Waals surface area (Å²) in [6.45, 7) is 4.43. The fourth-order valence-electron chi connectivity index (χ4n) is 2.71. The Kier molecular flexibility index (Phi) is 4.42. The van der Waals surface area contributed by atoms with Crippen molar-refractivity contribution in [2.45, 2.75) is 52.0 Å². The number of hydrogen-bond acceptors (Lipinski definition) is 4. The molecule has 0 saturated carbocycles. The van der Waals surface area contributed by atoms with Gasteiger partial charge >= 0.3 is 5.97 Å². The van der Waals surface area contributed by atoms with Crippen molar-refractivity contribution in [3.05, 3.63) is 17.0 Å². The fourth-order valence-corrected chi connectivity index (χ4v) is 2.71. The Morgan fingerprint density at radius 3 is 2.75 bits per heavy atom. The molecule has 2 rings (SSSR count). The number of likely N-dealkylation sites (tertiary alicyclic amines) is 1. The van der Waals surface area contributed by atoms with E-state index in [2.05, 4.69) is 5.16 Å². The van der Waals surface area contributed by atoms with Crippen LogP contribution in [0.3, 0.4) is 0 Å². The Bertz CT molecular complexity index is 488. The van der Waals surface area contributed by atoms with Crippen LogP contribution in [0.15, 0.2) is 4.52 Å². The Hall–Kier alpha value is -1.85. The second-order valence-electron chi connectivity index (χ2n) is 5.00. The Labute approximate surface area is 117 Å². The average molecular weight is 280 g/mol. The first kappa shape index (κ1) is 14.6. The molecule has 6 nitrogen and oxygen atoms in total. The van der Waals surface area contributed by atoms with Crippen LogP contribution in [0.5, 0.6) is 0 Å². The first-order valence-corrected chi connectivity index (χ1v) is 7.07. The van der Waals surface area contributed by atoms with Gasteiger partial charge in [-0.25, -0.2) is 4.79 Å². The maximum atomic E-state index is 12.4. The van der Waals surface area contributed by atoms with E-state index in [4.69, 9.17) is 9.63 Å². The third-order valence-electron chi connectivity index (χ3n) is 3.79. The molecule has 1 amide bonds. The number of aryl methyl sites for hydroxylation is 2. The average Bonchev–Trinajstić information content (AvgIpc) is 3.04. The van der Waals surface area contributed by atoms with Crippen LogP contribution in [0.4, 0.5) is 0 Å². The number of rotatable bonds is 5. The second-order valence-corrected chi connectivity index (χ2v) is 5.00. The molecule has 1 aromatic rings. The van der Waals surface area contributed by atoms with Gasteiger partial charge in [-0.1, -0.05) is 19.0 Å². The molecule has 2 heterocycles. The third kappa shape index (κ3) is 2.69. The minimum atomic E-state index is -0.924. The van der Waals surface area contributed by atoms with Crippen LogP contribution in [0.2, 0.25) is 0 Å². The number of amides is 1. The maximum absolute atomic E-state index is 12.4. The summed E-state index contributed by atoms with van der Waals surface area (Å²) in [6, 6.07) is -0.683. The standard InChI is InChI=1S/C14H20N2O4/c1-3-10-9(12(4-2)20-15-10)8-13(17)16-7-5-6-11(16)14(18)19/h11H,3-8H2,1-2H3,(H,18,19). The van der Waals surface area contributed by atoms with E-state index in [9.17, 15) is 9.59 Å².